The van der Waals surface area contributed by atoms with Crippen LogP contribution in [0, 0.1) is 0 Å². The molecule has 2 aromatic carbocycles. The number of nitrogens with zero attached hydrogens (tertiary/aromatic N) is 3. The topological polar surface area (TPSA) is 172 Å². The summed E-state index contributed by atoms with van der Waals surface area (Å²) in [5, 5.41) is 19.0. The third kappa shape index (κ3) is 5.47. The van der Waals surface area contributed by atoms with Gasteiger partial charge in [-0.1, -0.05) is 23.2 Å². The van der Waals surface area contributed by atoms with Gasteiger partial charge in [-0.3, -0.25) is 13.9 Å². The van der Waals surface area contributed by atoms with Gasteiger partial charge < -0.3 is 20.5 Å². The normalized spacial score (nSPS) is 12.0. The third-order valence-electron chi connectivity index (χ3n) is 4.49. The lowest BCUT2D eigenvalue weighted by atomic mass is 10.2. The van der Waals surface area contributed by atoms with Crippen molar-refractivity contribution in [2.45, 2.75) is 11.3 Å². The highest BCUT2D eigenvalue weighted by Gasteiger charge is 2.28. The summed E-state index contributed by atoms with van der Waals surface area (Å²) in [5.41, 5.74) is 5.46. The number of amides is 2. The number of rotatable bonds is 7. The molecule has 0 bridgehead atoms. The Labute approximate surface area is 202 Å². The molecule has 3 rings (SSSR count). The molecule has 0 aliphatic heterocycles. The molecular formula is C20H16Cl2N4O7S. The van der Waals surface area contributed by atoms with Crippen LogP contribution in [0.25, 0.3) is 10.9 Å². The van der Waals surface area contributed by atoms with E-state index in [4.69, 9.17) is 34.0 Å². The number of aromatic nitrogens is 1. The first kappa shape index (κ1) is 25.0. The summed E-state index contributed by atoms with van der Waals surface area (Å²) in [4.78, 5) is 37.1. The number of fused-ring (bicyclic) bond motifs is 1. The summed E-state index contributed by atoms with van der Waals surface area (Å²) < 4.78 is 28.5. The smallest absolute Gasteiger partial charge is 0.340 e. The van der Waals surface area contributed by atoms with Gasteiger partial charge in [0.05, 0.1) is 16.1 Å². The maximum atomic E-state index is 13.3. The van der Waals surface area contributed by atoms with Crippen LogP contribution in [-0.4, -0.2) is 53.5 Å². The van der Waals surface area contributed by atoms with Gasteiger partial charge in [-0.15, -0.1) is 0 Å². The van der Waals surface area contributed by atoms with Gasteiger partial charge in [0.1, 0.15) is 18.8 Å². The summed E-state index contributed by atoms with van der Waals surface area (Å²) in [6, 6.07) is 8.19. The molecule has 1 heterocycles. The number of hydrogen-bond donors (Lipinski definition) is 3. The molecule has 0 aliphatic carbocycles. The van der Waals surface area contributed by atoms with Gasteiger partial charge in [0.15, 0.2) is 0 Å². The first-order valence-corrected chi connectivity index (χ1v) is 11.5. The van der Waals surface area contributed by atoms with E-state index in [-0.39, 0.29) is 26.5 Å². The Morgan fingerprint density at radius 1 is 1.00 bits per heavy atom. The second-order valence-electron chi connectivity index (χ2n) is 6.88. The van der Waals surface area contributed by atoms with E-state index in [2.05, 4.69) is 4.99 Å². The van der Waals surface area contributed by atoms with E-state index in [9.17, 15) is 27.9 Å². The molecule has 3 aromatic rings. The highest BCUT2D eigenvalue weighted by atomic mass is 35.5. The fourth-order valence-corrected chi connectivity index (χ4v) is 5.33. The second kappa shape index (κ2) is 9.71. The van der Waals surface area contributed by atoms with Gasteiger partial charge in [-0.2, -0.15) is 4.99 Å². The number of anilines is 1. The number of urea groups is 1. The fraction of sp³-hybridized carbons (Fsp3) is 0.100. The molecule has 0 fully saturated rings. The minimum Gasteiger partial charge on any atom is -0.481 e. The molecule has 1 aromatic heterocycles. The van der Waals surface area contributed by atoms with Crippen LogP contribution in [-0.2, 0) is 19.6 Å². The standard InChI is InChI=1S/C20H16Cl2N4O7S/c21-12-6-13(22)8-15(7-12)34(32,33)26(10-19(29)30)14-1-2-16-11(5-14)3-4-25(16)17(9-18(27)28)24-20(23)31/h1-8H,9-10H2,(H2,23,31)(H,27,28)(H,29,30). The van der Waals surface area contributed by atoms with Crippen LogP contribution in [0.3, 0.4) is 0 Å². The molecule has 0 unspecified atom stereocenters. The molecule has 11 nitrogen and oxygen atoms in total. The van der Waals surface area contributed by atoms with Crippen molar-refractivity contribution >= 4 is 73.6 Å². The lowest BCUT2D eigenvalue weighted by molar-refractivity contribution is -0.136. The molecule has 178 valence electrons. The number of aliphatic carboxylic acids is 2. The van der Waals surface area contributed by atoms with Crippen molar-refractivity contribution in [1.82, 2.24) is 4.57 Å². The van der Waals surface area contributed by atoms with E-state index in [0.717, 1.165) is 12.1 Å². The number of nitrogens with two attached hydrogens (primary N) is 1. The van der Waals surface area contributed by atoms with E-state index in [1.165, 1.54) is 41.1 Å². The Hall–Kier alpha value is -3.61. The van der Waals surface area contributed by atoms with E-state index in [1.54, 1.807) is 0 Å². The highest BCUT2D eigenvalue weighted by Crippen LogP contribution is 2.30. The van der Waals surface area contributed by atoms with Crippen LogP contribution in [0.5, 0.6) is 0 Å². The van der Waals surface area contributed by atoms with Crippen molar-refractivity contribution in [3.8, 4) is 0 Å². The molecule has 0 saturated carbocycles. The maximum Gasteiger partial charge on any atom is 0.340 e. The number of carbonyl (C=O) groups excluding carboxylic acids is 1. The van der Waals surface area contributed by atoms with Gasteiger partial charge in [0, 0.05) is 21.6 Å². The quantitative estimate of drug-likeness (QED) is 0.313. The monoisotopic (exact) mass is 526 g/mol. The van der Waals surface area contributed by atoms with Crippen molar-refractivity contribution in [1.29, 1.82) is 0 Å². The fourth-order valence-electron chi connectivity index (χ4n) is 3.19. The molecule has 0 atom stereocenters. The number of carbonyl (C=O) groups is 3. The van der Waals surface area contributed by atoms with Crippen LogP contribution in [0.4, 0.5) is 10.5 Å². The summed E-state index contributed by atoms with van der Waals surface area (Å²) in [5.74, 6) is -2.82. The largest absolute Gasteiger partial charge is 0.481 e. The predicted molar refractivity (Wildman–Crippen MR) is 125 cm³/mol. The van der Waals surface area contributed by atoms with E-state index < -0.39 is 41.0 Å². The van der Waals surface area contributed by atoms with Gasteiger partial charge in [0.2, 0.25) is 0 Å². The van der Waals surface area contributed by atoms with Crippen LogP contribution in [0.1, 0.15) is 6.42 Å². The third-order valence-corrected chi connectivity index (χ3v) is 6.68. The first-order chi connectivity index (χ1) is 15.9. The number of halogens is 2. The van der Waals surface area contributed by atoms with Crippen molar-refractivity contribution in [2.24, 2.45) is 10.7 Å². The minimum atomic E-state index is -4.39. The molecule has 34 heavy (non-hydrogen) atoms. The predicted octanol–water partition coefficient (Wildman–Crippen LogP) is 3.03. The number of carboxylic acids is 2. The van der Waals surface area contributed by atoms with E-state index >= 15 is 0 Å². The van der Waals surface area contributed by atoms with E-state index in [0.29, 0.717) is 15.2 Å². The summed E-state index contributed by atoms with van der Waals surface area (Å²) in [7, 11) is -4.39. The van der Waals surface area contributed by atoms with Crippen LogP contribution in [0.2, 0.25) is 10.0 Å². The SMILES string of the molecule is NC(=O)N=C(CC(=O)O)n1ccc2cc(N(CC(=O)O)S(=O)(=O)c3cc(Cl)cc(Cl)c3)ccc21. The number of aliphatic imine (C=N–C) groups is 1. The lowest BCUT2D eigenvalue weighted by Crippen LogP contribution is -2.35. The van der Waals surface area contributed by atoms with E-state index in [1.807, 2.05) is 0 Å². The number of primary amides is 1. The van der Waals surface area contributed by atoms with Gasteiger partial charge in [0.25, 0.3) is 10.0 Å². The average Bonchev–Trinajstić information content (AvgIpc) is 3.13. The van der Waals surface area contributed by atoms with Crippen molar-refractivity contribution < 1.29 is 33.0 Å². The zero-order valence-corrected chi connectivity index (χ0v) is 19.4. The number of sulfonamides is 1. The summed E-state index contributed by atoms with van der Waals surface area (Å²) in [6.07, 6.45) is 0.815. The Morgan fingerprint density at radius 3 is 2.21 bits per heavy atom. The summed E-state index contributed by atoms with van der Waals surface area (Å²) in [6.45, 7) is -0.897. The zero-order chi connectivity index (χ0) is 25.2. The van der Waals surface area contributed by atoms with Gasteiger partial charge >= 0.3 is 18.0 Å². The van der Waals surface area contributed by atoms with Crippen molar-refractivity contribution in [3.05, 3.63) is 58.7 Å². The van der Waals surface area contributed by atoms with Gasteiger partial charge in [-0.05, 0) is 42.5 Å². The van der Waals surface area contributed by atoms with Crippen LogP contribution in [0.15, 0.2) is 58.5 Å². The first-order valence-electron chi connectivity index (χ1n) is 9.29. The molecular weight excluding hydrogens is 511 g/mol. The minimum absolute atomic E-state index is 0.00960. The Bertz CT molecular complexity index is 1430. The number of carboxylic acid groups (broad SMARTS) is 2. The highest BCUT2D eigenvalue weighted by molar-refractivity contribution is 7.92. The molecule has 0 radical (unpaired) electrons. The molecule has 0 aliphatic rings. The zero-order valence-electron chi connectivity index (χ0n) is 17.1. The molecule has 14 heteroatoms. The molecule has 0 spiro atoms. The second-order valence-corrected chi connectivity index (χ2v) is 9.61. The summed E-state index contributed by atoms with van der Waals surface area (Å²) >= 11 is 11.8. The van der Waals surface area contributed by atoms with Crippen molar-refractivity contribution in [3.63, 3.8) is 0 Å². The van der Waals surface area contributed by atoms with Gasteiger partial charge in [-0.25, -0.2) is 13.2 Å². The molecule has 4 N–H and O–H groups in total. The lowest BCUT2D eigenvalue weighted by Gasteiger charge is -2.23. The molecule has 0 saturated heterocycles. The van der Waals surface area contributed by atoms with Crippen LogP contribution >= 0.6 is 23.2 Å². The Kier molecular flexibility index (Phi) is 7.15. The number of hydrogen-bond acceptors (Lipinski definition) is 5. The van der Waals surface area contributed by atoms with Crippen LogP contribution < -0.4 is 10.0 Å². The Balaban J connectivity index is 2.13. The average molecular weight is 527 g/mol. The van der Waals surface area contributed by atoms with Crippen molar-refractivity contribution in [2.75, 3.05) is 10.8 Å². The maximum absolute atomic E-state index is 13.3. The Morgan fingerprint density at radius 2 is 1.65 bits per heavy atom. The number of benzene rings is 2. The molecule has 2 amide bonds.